The Bertz CT molecular complexity index is 947. The number of nitrogens with one attached hydrogen (secondary N) is 2. The van der Waals surface area contributed by atoms with Gasteiger partial charge in [0, 0.05) is 11.4 Å². The monoisotopic (exact) mass is 362 g/mol. The van der Waals surface area contributed by atoms with Gasteiger partial charge in [-0.2, -0.15) is 0 Å². The zero-order valence-electron chi connectivity index (χ0n) is 15.2. The number of amides is 1. The molecule has 27 heavy (non-hydrogen) atoms. The number of aromatic nitrogens is 1. The van der Waals surface area contributed by atoms with Crippen LogP contribution in [-0.2, 0) is 0 Å². The van der Waals surface area contributed by atoms with Crippen LogP contribution < -0.4 is 15.6 Å². The van der Waals surface area contributed by atoms with Crippen LogP contribution >= 0.6 is 0 Å². The second-order valence-corrected chi connectivity index (χ2v) is 6.16. The summed E-state index contributed by atoms with van der Waals surface area (Å²) >= 11 is 0. The average Bonchev–Trinajstić information content (AvgIpc) is 2.70. The predicted octanol–water partition coefficient (Wildman–Crippen LogP) is 4.47. The van der Waals surface area contributed by atoms with E-state index in [1.807, 2.05) is 30.3 Å². The van der Waals surface area contributed by atoms with Crippen LogP contribution in [0.4, 0.5) is 5.69 Å². The van der Waals surface area contributed by atoms with E-state index in [9.17, 15) is 9.59 Å². The van der Waals surface area contributed by atoms with E-state index in [1.54, 1.807) is 36.4 Å². The lowest BCUT2D eigenvalue weighted by Gasteiger charge is -2.08. The van der Waals surface area contributed by atoms with Crippen molar-refractivity contribution in [3.8, 4) is 17.0 Å². The highest BCUT2D eigenvalue weighted by Gasteiger charge is 2.12. The predicted molar refractivity (Wildman–Crippen MR) is 107 cm³/mol. The Kier molecular flexibility index (Phi) is 6.05. The van der Waals surface area contributed by atoms with Crippen LogP contribution in [0.25, 0.3) is 11.3 Å². The summed E-state index contributed by atoms with van der Waals surface area (Å²) in [4.78, 5) is 27.5. The molecule has 0 aliphatic carbocycles. The molecule has 5 heteroatoms. The molecule has 1 heterocycles. The van der Waals surface area contributed by atoms with Crippen LogP contribution in [0.15, 0.2) is 71.5 Å². The van der Waals surface area contributed by atoms with Crippen molar-refractivity contribution in [1.29, 1.82) is 0 Å². The second kappa shape index (κ2) is 8.85. The smallest absolute Gasteiger partial charge is 0.261 e. The lowest BCUT2D eigenvalue weighted by molar-refractivity contribution is 0.102. The lowest BCUT2D eigenvalue weighted by atomic mass is 10.1. The highest BCUT2D eigenvalue weighted by molar-refractivity contribution is 6.04. The number of benzene rings is 2. The number of carbonyl (C=O) groups excluding carboxylic acids is 1. The minimum atomic E-state index is -0.449. The molecule has 3 aromatic rings. The van der Waals surface area contributed by atoms with E-state index in [0.717, 1.165) is 24.2 Å². The number of rotatable bonds is 7. The van der Waals surface area contributed by atoms with Gasteiger partial charge in [-0.05, 0) is 48.4 Å². The number of H-pyrrole nitrogens is 1. The molecule has 2 aromatic carbocycles. The van der Waals surface area contributed by atoms with Crippen molar-refractivity contribution in [2.24, 2.45) is 0 Å². The molecule has 0 aliphatic heterocycles. The Balaban J connectivity index is 1.68. The second-order valence-electron chi connectivity index (χ2n) is 6.16. The van der Waals surface area contributed by atoms with Crippen molar-refractivity contribution >= 4 is 11.6 Å². The quantitative estimate of drug-likeness (QED) is 0.609. The first kappa shape index (κ1) is 18.5. The summed E-state index contributed by atoms with van der Waals surface area (Å²) in [6, 6.07) is 19.9. The Labute approximate surface area is 158 Å². The number of anilines is 1. The van der Waals surface area contributed by atoms with E-state index < -0.39 is 11.5 Å². The zero-order valence-corrected chi connectivity index (χ0v) is 15.2. The molecule has 5 nitrogen and oxygen atoms in total. The Morgan fingerprint density at radius 3 is 2.41 bits per heavy atom. The molecule has 0 atom stereocenters. The van der Waals surface area contributed by atoms with E-state index in [1.165, 1.54) is 0 Å². The lowest BCUT2D eigenvalue weighted by Crippen LogP contribution is -2.23. The summed E-state index contributed by atoms with van der Waals surface area (Å²) in [6.07, 6.45) is 2.08. The van der Waals surface area contributed by atoms with E-state index >= 15 is 0 Å². The van der Waals surface area contributed by atoms with Gasteiger partial charge in [-0.15, -0.1) is 0 Å². The molecule has 1 aromatic heterocycles. The number of carbonyl (C=O) groups is 1. The molecule has 0 saturated heterocycles. The largest absolute Gasteiger partial charge is 0.494 e. The highest BCUT2D eigenvalue weighted by atomic mass is 16.5. The maximum atomic E-state index is 12.4. The molecule has 0 aliphatic rings. The van der Waals surface area contributed by atoms with Gasteiger partial charge in [-0.1, -0.05) is 43.7 Å². The van der Waals surface area contributed by atoms with E-state index in [4.69, 9.17) is 4.74 Å². The first-order valence-corrected chi connectivity index (χ1v) is 9.00. The van der Waals surface area contributed by atoms with E-state index in [-0.39, 0.29) is 5.56 Å². The summed E-state index contributed by atoms with van der Waals surface area (Å²) in [5.41, 5.74) is 1.81. The van der Waals surface area contributed by atoms with Crippen LogP contribution in [-0.4, -0.2) is 17.5 Å². The molecular formula is C22H22N2O3. The van der Waals surface area contributed by atoms with Gasteiger partial charge < -0.3 is 15.0 Å². The Hall–Kier alpha value is -3.34. The molecular weight excluding hydrogens is 340 g/mol. The standard InChI is InChI=1S/C22H22N2O3/c1-2-3-15-27-18-11-9-17(10-12-18)23-21(25)19-13-14-20(24-22(19)26)16-7-5-4-6-8-16/h4-14H,2-3,15H2,1H3,(H,23,25)(H,24,26). The number of aromatic amines is 1. The van der Waals surface area contributed by atoms with Gasteiger partial charge in [0.15, 0.2) is 0 Å². The third-order valence-electron chi connectivity index (χ3n) is 4.12. The van der Waals surface area contributed by atoms with Crippen LogP contribution in [0.2, 0.25) is 0 Å². The van der Waals surface area contributed by atoms with Crippen LogP contribution in [0, 0.1) is 0 Å². The van der Waals surface area contributed by atoms with Crippen molar-refractivity contribution in [3.05, 3.63) is 82.6 Å². The normalized spacial score (nSPS) is 10.4. The average molecular weight is 362 g/mol. The molecule has 0 bridgehead atoms. The Morgan fingerprint density at radius 1 is 1.00 bits per heavy atom. The summed E-state index contributed by atoms with van der Waals surface area (Å²) in [5, 5.41) is 2.74. The minimum Gasteiger partial charge on any atom is -0.494 e. The van der Waals surface area contributed by atoms with E-state index in [2.05, 4.69) is 17.2 Å². The first-order chi connectivity index (χ1) is 13.2. The number of hydrogen-bond donors (Lipinski definition) is 2. The molecule has 3 rings (SSSR count). The maximum Gasteiger partial charge on any atom is 0.261 e. The maximum absolute atomic E-state index is 12.4. The molecule has 0 saturated carbocycles. The number of unbranched alkanes of at least 4 members (excludes halogenated alkanes) is 1. The van der Waals surface area contributed by atoms with Gasteiger partial charge in [0.2, 0.25) is 0 Å². The third-order valence-corrected chi connectivity index (χ3v) is 4.12. The number of pyridine rings is 1. The van der Waals surface area contributed by atoms with Gasteiger partial charge in [-0.3, -0.25) is 9.59 Å². The zero-order chi connectivity index (χ0) is 19.1. The van der Waals surface area contributed by atoms with Gasteiger partial charge in [0.05, 0.1) is 6.61 Å². The van der Waals surface area contributed by atoms with Crippen molar-refractivity contribution in [3.63, 3.8) is 0 Å². The van der Waals surface area contributed by atoms with Crippen molar-refractivity contribution in [2.45, 2.75) is 19.8 Å². The van der Waals surface area contributed by atoms with Gasteiger partial charge in [-0.25, -0.2) is 0 Å². The van der Waals surface area contributed by atoms with Crippen LogP contribution in [0.5, 0.6) is 5.75 Å². The Morgan fingerprint density at radius 2 is 1.74 bits per heavy atom. The SMILES string of the molecule is CCCCOc1ccc(NC(=O)c2ccc(-c3ccccc3)[nH]c2=O)cc1. The fraction of sp³-hybridized carbons (Fsp3) is 0.182. The first-order valence-electron chi connectivity index (χ1n) is 9.00. The summed E-state index contributed by atoms with van der Waals surface area (Å²) in [7, 11) is 0. The molecule has 0 fully saturated rings. The molecule has 2 N–H and O–H groups in total. The van der Waals surface area contributed by atoms with Gasteiger partial charge >= 0.3 is 0 Å². The van der Waals surface area contributed by atoms with Crippen molar-refractivity contribution in [1.82, 2.24) is 4.98 Å². The molecule has 0 unspecified atom stereocenters. The number of ether oxygens (including phenoxy) is 1. The third kappa shape index (κ3) is 4.85. The molecule has 0 radical (unpaired) electrons. The topological polar surface area (TPSA) is 71.2 Å². The molecule has 138 valence electrons. The van der Waals surface area contributed by atoms with Crippen molar-refractivity contribution in [2.75, 3.05) is 11.9 Å². The summed E-state index contributed by atoms with van der Waals surface area (Å²) < 4.78 is 5.60. The molecule has 0 spiro atoms. The van der Waals surface area contributed by atoms with Gasteiger partial charge in [0.1, 0.15) is 11.3 Å². The molecule has 1 amide bonds. The number of hydrogen-bond acceptors (Lipinski definition) is 3. The fourth-order valence-corrected chi connectivity index (χ4v) is 2.61. The van der Waals surface area contributed by atoms with E-state index in [0.29, 0.717) is 18.0 Å². The summed E-state index contributed by atoms with van der Waals surface area (Å²) in [5.74, 6) is 0.307. The minimum absolute atomic E-state index is 0.0675. The fourth-order valence-electron chi connectivity index (χ4n) is 2.61. The summed E-state index contributed by atoms with van der Waals surface area (Å²) in [6.45, 7) is 2.78. The van der Waals surface area contributed by atoms with Crippen LogP contribution in [0.3, 0.4) is 0 Å². The van der Waals surface area contributed by atoms with Crippen LogP contribution in [0.1, 0.15) is 30.1 Å². The van der Waals surface area contributed by atoms with Crippen molar-refractivity contribution < 1.29 is 9.53 Å². The van der Waals surface area contributed by atoms with Gasteiger partial charge in [0.25, 0.3) is 11.5 Å². The highest BCUT2D eigenvalue weighted by Crippen LogP contribution is 2.17.